The van der Waals surface area contributed by atoms with Gasteiger partial charge in [-0.15, -0.1) is 0 Å². The fraction of sp³-hybridized carbons (Fsp3) is 0.381. The monoisotopic (exact) mass is 437 g/mol. The smallest absolute Gasteiger partial charge is 0.475 e. The van der Waals surface area contributed by atoms with Crippen LogP contribution < -0.4 is 0 Å². The molecule has 4 rings (SSSR count). The SMILES string of the molecule is CN1CCC(OCc2nc(-c3ccc4ccccc4c3)no2)CC1.O=C(O)C(F)(F)F. The van der Waals surface area contributed by atoms with Gasteiger partial charge in [-0.1, -0.05) is 41.6 Å². The first-order valence-corrected chi connectivity index (χ1v) is 9.64. The molecule has 1 aromatic heterocycles. The van der Waals surface area contributed by atoms with Crippen molar-refractivity contribution in [3.05, 3.63) is 48.4 Å². The summed E-state index contributed by atoms with van der Waals surface area (Å²) in [4.78, 5) is 15.7. The summed E-state index contributed by atoms with van der Waals surface area (Å²) in [6.45, 7) is 2.54. The number of halogens is 3. The number of carboxylic acid groups (broad SMARTS) is 1. The summed E-state index contributed by atoms with van der Waals surface area (Å²) in [5.41, 5.74) is 0.961. The van der Waals surface area contributed by atoms with E-state index in [9.17, 15) is 13.2 Å². The Morgan fingerprint density at radius 1 is 1.19 bits per heavy atom. The van der Waals surface area contributed by atoms with Crippen molar-refractivity contribution in [2.75, 3.05) is 20.1 Å². The molecule has 0 saturated carbocycles. The minimum absolute atomic E-state index is 0.289. The predicted octanol–water partition coefficient (Wildman–Crippen LogP) is 4.13. The maximum absolute atomic E-state index is 10.6. The van der Waals surface area contributed by atoms with Crippen LogP contribution in [0.2, 0.25) is 0 Å². The quantitative estimate of drug-likeness (QED) is 0.656. The highest BCUT2D eigenvalue weighted by atomic mass is 19.4. The van der Waals surface area contributed by atoms with Crippen LogP contribution >= 0.6 is 0 Å². The van der Waals surface area contributed by atoms with Gasteiger partial charge in [0.15, 0.2) is 0 Å². The van der Waals surface area contributed by atoms with Crippen LogP contribution in [0.1, 0.15) is 18.7 Å². The van der Waals surface area contributed by atoms with Crippen molar-refractivity contribution in [1.82, 2.24) is 15.0 Å². The summed E-state index contributed by atoms with van der Waals surface area (Å²) >= 11 is 0. The zero-order chi connectivity index (χ0) is 22.4. The predicted molar refractivity (Wildman–Crippen MR) is 106 cm³/mol. The first-order valence-electron chi connectivity index (χ1n) is 9.64. The normalized spacial score (nSPS) is 15.5. The van der Waals surface area contributed by atoms with E-state index < -0.39 is 12.1 Å². The van der Waals surface area contributed by atoms with Crippen molar-refractivity contribution in [3.63, 3.8) is 0 Å². The van der Waals surface area contributed by atoms with Crippen molar-refractivity contribution in [1.29, 1.82) is 0 Å². The lowest BCUT2D eigenvalue weighted by molar-refractivity contribution is -0.192. The van der Waals surface area contributed by atoms with Crippen LogP contribution in [-0.4, -0.2) is 58.5 Å². The first-order chi connectivity index (χ1) is 14.7. The fourth-order valence-electron chi connectivity index (χ4n) is 3.10. The number of nitrogens with zero attached hydrogens (tertiary/aromatic N) is 3. The maximum atomic E-state index is 10.6. The molecule has 2 heterocycles. The van der Waals surface area contributed by atoms with Crippen LogP contribution in [0.25, 0.3) is 22.2 Å². The number of alkyl halides is 3. The zero-order valence-corrected chi connectivity index (χ0v) is 16.8. The molecule has 1 aliphatic heterocycles. The maximum Gasteiger partial charge on any atom is 0.490 e. The standard InChI is InChI=1S/C19H21N3O2.C2HF3O2/c1-22-10-8-17(9-11-22)23-13-18-20-19(21-24-18)16-7-6-14-4-2-3-5-15(14)12-16;3-2(4,5)1(6)7/h2-7,12,17H,8-11,13H2,1H3;(H,6,7). The third-order valence-electron chi connectivity index (χ3n) is 4.83. The molecule has 10 heteroatoms. The lowest BCUT2D eigenvalue weighted by atomic mass is 10.1. The molecule has 1 N–H and O–H groups in total. The summed E-state index contributed by atoms with van der Waals surface area (Å²) in [6.07, 6.45) is -2.68. The Labute approximate surface area is 176 Å². The van der Waals surface area contributed by atoms with Crippen LogP contribution in [0.4, 0.5) is 13.2 Å². The second-order valence-corrected chi connectivity index (χ2v) is 7.19. The lowest BCUT2D eigenvalue weighted by Crippen LogP contribution is -2.34. The van der Waals surface area contributed by atoms with Crippen LogP contribution in [0.3, 0.4) is 0 Å². The number of carbonyl (C=O) groups is 1. The Kier molecular flexibility index (Phi) is 7.24. The molecule has 0 spiro atoms. The molecule has 3 aromatic rings. The largest absolute Gasteiger partial charge is 0.490 e. The third-order valence-corrected chi connectivity index (χ3v) is 4.83. The van der Waals surface area contributed by atoms with Crippen molar-refractivity contribution in [2.24, 2.45) is 0 Å². The third kappa shape index (κ3) is 6.50. The summed E-state index contributed by atoms with van der Waals surface area (Å²) in [5.74, 6) is -1.60. The Bertz CT molecular complexity index is 1010. The van der Waals surface area contributed by atoms with Gasteiger partial charge in [0.1, 0.15) is 6.61 Å². The molecule has 166 valence electrons. The second kappa shape index (κ2) is 9.88. The number of benzene rings is 2. The van der Waals surface area contributed by atoms with E-state index in [0.29, 0.717) is 18.3 Å². The Morgan fingerprint density at radius 2 is 1.84 bits per heavy atom. The molecule has 1 saturated heterocycles. The molecule has 31 heavy (non-hydrogen) atoms. The van der Waals surface area contributed by atoms with E-state index in [0.717, 1.165) is 31.5 Å². The lowest BCUT2D eigenvalue weighted by Gasteiger charge is -2.28. The molecule has 0 bridgehead atoms. The van der Waals surface area contributed by atoms with E-state index in [1.54, 1.807) is 0 Å². The Morgan fingerprint density at radius 3 is 2.48 bits per heavy atom. The minimum Gasteiger partial charge on any atom is -0.475 e. The minimum atomic E-state index is -5.08. The van der Waals surface area contributed by atoms with Gasteiger partial charge in [0.05, 0.1) is 6.10 Å². The molecule has 0 atom stereocenters. The van der Waals surface area contributed by atoms with Gasteiger partial charge in [0, 0.05) is 18.7 Å². The molecule has 0 amide bonds. The number of aromatic nitrogens is 2. The molecular formula is C21H22F3N3O4. The van der Waals surface area contributed by atoms with Gasteiger partial charge in [-0.3, -0.25) is 0 Å². The van der Waals surface area contributed by atoms with E-state index in [4.69, 9.17) is 19.2 Å². The van der Waals surface area contributed by atoms with Crippen molar-refractivity contribution >= 4 is 16.7 Å². The first kappa shape index (κ1) is 22.7. The van der Waals surface area contributed by atoms with Gasteiger partial charge in [0.25, 0.3) is 5.89 Å². The highest BCUT2D eigenvalue weighted by Gasteiger charge is 2.38. The van der Waals surface area contributed by atoms with Crippen molar-refractivity contribution in [2.45, 2.75) is 31.7 Å². The van der Waals surface area contributed by atoms with Gasteiger partial charge in [-0.2, -0.15) is 18.2 Å². The Balaban J connectivity index is 0.000000339. The summed E-state index contributed by atoms with van der Waals surface area (Å²) in [5, 5.41) is 13.6. The second-order valence-electron chi connectivity index (χ2n) is 7.19. The van der Waals surface area contributed by atoms with Crippen LogP contribution in [-0.2, 0) is 16.1 Å². The summed E-state index contributed by atoms with van der Waals surface area (Å²) in [7, 11) is 2.14. The molecule has 1 aliphatic rings. The molecule has 0 aliphatic carbocycles. The topological polar surface area (TPSA) is 88.7 Å². The number of rotatable bonds is 4. The van der Waals surface area contributed by atoms with Gasteiger partial charge in [-0.05, 0) is 36.7 Å². The van der Waals surface area contributed by atoms with Crippen molar-refractivity contribution in [3.8, 4) is 11.4 Å². The van der Waals surface area contributed by atoms with Gasteiger partial charge in [-0.25, -0.2) is 4.79 Å². The highest BCUT2D eigenvalue weighted by molar-refractivity contribution is 5.86. The average molecular weight is 437 g/mol. The fourth-order valence-corrected chi connectivity index (χ4v) is 3.10. The zero-order valence-electron chi connectivity index (χ0n) is 16.8. The number of piperidine rings is 1. The van der Waals surface area contributed by atoms with E-state index in [1.807, 2.05) is 18.2 Å². The Hall–Kier alpha value is -2.98. The molecule has 2 aromatic carbocycles. The van der Waals surface area contributed by atoms with Crippen LogP contribution in [0, 0.1) is 0 Å². The average Bonchev–Trinajstić information content (AvgIpc) is 3.22. The van der Waals surface area contributed by atoms with Gasteiger partial charge < -0.3 is 19.3 Å². The van der Waals surface area contributed by atoms with E-state index >= 15 is 0 Å². The summed E-state index contributed by atoms with van der Waals surface area (Å²) < 4.78 is 43.0. The number of ether oxygens (including phenoxy) is 1. The molecular weight excluding hydrogens is 415 g/mol. The number of hydrogen-bond acceptors (Lipinski definition) is 6. The van der Waals surface area contributed by atoms with E-state index in [1.165, 1.54) is 10.8 Å². The van der Waals surface area contributed by atoms with Crippen molar-refractivity contribution < 1.29 is 32.3 Å². The van der Waals surface area contributed by atoms with Crippen LogP contribution in [0.15, 0.2) is 47.0 Å². The van der Waals surface area contributed by atoms with E-state index in [2.05, 4.69) is 46.4 Å². The molecule has 0 radical (unpaired) electrons. The number of carboxylic acids is 1. The number of likely N-dealkylation sites (tertiary alicyclic amines) is 1. The van der Waals surface area contributed by atoms with Gasteiger partial charge >= 0.3 is 12.1 Å². The van der Waals surface area contributed by atoms with E-state index in [-0.39, 0.29) is 6.10 Å². The highest BCUT2D eigenvalue weighted by Crippen LogP contribution is 2.23. The molecule has 0 unspecified atom stereocenters. The molecule has 1 fully saturated rings. The number of fused-ring (bicyclic) bond motifs is 1. The molecule has 7 nitrogen and oxygen atoms in total. The number of aliphatic carboxylic acids is 1. The summed E-state index contributed by atoms with van der Waals surface area (Å²) in [6, 6.07) is 14.4. The number of hydrogen-bond donors (Lipinski definition) is 1. The van der Waals surface area contributed by atoms with Crippen LogP contribution in [0.5, 0.6) is 0 Å². The van der Waals surface area contributed by atoms with Gasteiger partial charge in [0.2, 0.25) is 5.82 Å².